The highest BCUT2D eigenvalue weighted by molar-refractivity contribution is 5.80. The van der Waals surface area contributed by atoms with Gasteiger partial charge in [-0.05, 0) is 38.5 Å². The third kappa shape index (κ3) is 29.2. The fourth-order valence-corrected chi connectivity index (χ4v) is 6.23. The molecule has 5 N–H and O–H groups in total. The molecule has 0 bridgehead atoms. The first-order valence-corrected chi connectivity index (χ1v) is 20.1. The summed E-state index contributed by atoms with van der Waals surface area (Å²) in [6.07, 6.45) is 36.8. The number of allylic oxidation sites excluding steroid dienone is 2. The number of carbonyl (C=O) groups excluding carboxylic acids is 1. The first-order chi connectivity index (χ1) is 22.5. The lowest BCUT2D eigenvalue weighted by Gasteiger charge is -2.27. The van der Waals surface area contributed by atoms with Gasteiger partial charge in [0.15, 0.2) is 0 Å². The van der Waals surface area contributed by atoms with Gasteiger partial charge in [0, 0.05) is 0 Å². The lowest BCUT2D eigenvalue weighted by molar-refractivity contribution is -0.132. The van der Waals surface area contributed by atoms with Crippen LogP contribution < -0.4 is 5.32 Å². The highest BCUT2D eigenvalue weighted by Gasteiger charge is 2.28. The number of amides is 1. The van der Waals surface area contributed by atoms with Crippen LogP contribution in [0, 0.1) is 0 Å². The molecule has 274 valence electrons. The van der Waals surface area contributed by atoms with E-state index in [0.29, 0.717) is 12.8 Å². The van der Waals surface area contributed by atoms with Crippen molar-refractivity contribution in [3.63, 3.8) is 0 Å². The molecule has 4 atom stereocenters. The minimum atomic E-state index is -1.27. The second-order valence-corrected chi connectivity index (χ2v) is 14.0. The molecule has 0 aromatic heterocycles. The predicted molar refractivity (Wildman–Crippen MR) is 196 cm³/mol. The molecular formula is C40H79NO5. The van der Waals surface area contributed by atoms with E-state index in [1.54, 1.807) is 0 Å². The zero-order valence-electron chi connectivity index (χ0n) is 30.6. The molecule has 0 saturated carbocycles. The van der Waals surface area contributed by atoms with Gasteiger partial charge in [-0.3, -0.25) is 4.79 Å². The first-order valence-electron chi connectivity index (χ1n) is 20.1. The number of hydrogen-bond donors (Lipinski definition) is 5. The minimum absolute atomic E-state index is 0.368. The number of aliphatic hydroxyl groups excluding tert-OH is 4. The van der Waals surface area contributed by atoms with Crippen molar-refractivity contribution >= 4 is 5.91 Å². The topological polar surface area (TPSA) is 110 Å². The SMILES string of the molecule is CCCCCCC/C=C/CCCC(O)C(O)C(CO)NC(=O)C(O)CCCCCCCCCCCCCCCCCCCCCC. The van der Waals surface area contributed by atoms with E-state index in [4.69, 9.17) is 0 Å². The molecule has 0 rings (SSSR count). The fraction of sp³-hybridized carbons (Fsp3) is 0.925. The summed E-state index contributed by atoms with van der Waals surface area (Å²) in [4.78, 5) is 12.4. The zero-order valence-corrected chi connectivity index (χ0v) is 30.6. The third-order valence-electron chi connectivity index (χ3n) is 9.48. The highest BCUT2D eigenvalue weighted by atomic mass is 16.3. The lowest BCUT2D eigenvalue weighted by Crippen LogP contribution is -2.53. The largest absolute Gasteiger partial charge is 0.394 e. The third-order valence-corrected chi connectivity index (χ3v) is 9.48. The van der Waals surface area contributed by atoms with Gasteiger partial charge in [-0.1, -0.05) is 180 Å². The van der Waals surface area contributed by atoms with E-state index in [0.717, 1.165) is 38.5 Å². The Morgan fingerprint density at radius 1 is 0.522 bits per heavy atom. The summed E-state index contributed by atoms with van der Waals surface area (Å²) < 4.78 is 0. The van der Waals surface area contributed by atoms with Gasteiger partial charge in [0.05, 0.1) is 18.8 Å². The van der Waals surface area contributed by atoms with Gasteiger partial charge in [0.1, 0.15) is 12.2 Å². The molecule has 46 heavy (non-hydrogen) atoms. The Morgan fingerprint density at radius 3 is 1.30 bits per heavy atom. The molecule has 0 saturated heterocycles. The van der Waals surface area contributed by atoms with E-state index in [2.05, 4.69) is 31.3 Å². The Bertz CT molecular complexity index is 658. The summed E-state index contributed by atoms with van der Waals surface area (Å²) in [6, 6.07) is -0.995. The van der Waals surface area contributed by atoms with Crippen molar-refractivity contribution in [3.8, 4) is 0 Å². The molecule has 0 aromatic carbocycles. The Kier molecular flexibility index (Phi) is 34.6. The van der Waals surface area contributed by atoms with Gasteiger partial charge in [0.2, 0.25) is 5.91 Å². The van der Waals surface area contributed by atoms with Crippen LogP contribution in [-0.2, 0) is 4.79 Å². The van der Waals surface area contributed by atoms with Gasteiger partial charge in [-0.15, -0.1) is 0 Å². The number of carbonyl (C=O) groups is 1. The summed E-state index contributed by atoms with van der Waals surface area (Å²) in [5.74, 6) is -0.593. The van der Waals surface area contributed by atoms with Gasteiger partial charge >= 0.3 is 0 Å². The maximum atomic E-state index is 12.4. The van der Waals surface area contributed by atoms with Crippen molar-refractivity contribution in [2.45, 2.75) is 231 Å². The van der Waals surface area contributed by atoms with Gasteiger partial charge in [-0.25, -0.2) is 0 Å². The molecule has 0 aliphatic carbocycles. The van der Waals surface area contributed by atoms with Crippen molar-refractivity contribution in [2.75, 3.05) is 6.61 Å². The molecule has 0 heterocycles. The van der Waals surface area contributed by atoms with Crippen LogP contribution in [0.3, 0.4) is 0 Å². The van der Waals surface area contributed by atoms with E-state index in [-0.39, 0.29) is 0 Å². The van der Waals surface area contributed by atoms with E-state index in [1.165, 1.54) is 141 Å². The normalized spacial score (nSPS) is 14.5. The van der Waals surface area contributed by atoms with Crippen molar-refractivity contribution in [1.82, 2.24) is 5.32 Å². The number of aliphatic hydroxyl groups is 4. The highest BCUT2D eigenvalue weighted by Crippen LogP contribution is 2.16. The number of rotatable bonds is 36. The fourth-order valence-electron chi connectivity index (χ4n) is 6.23. The van der Waals surface area contributed by atoms with Gasteiger partial charge < -0.3 is 25.7 Å². The Morgan fingerprint density at radius 2 is 0.891 bits per heavy atom. The van der Waals surface area contributed by atoms with Crippen LogP contribution in [0.1, 0.15) is 206 Å². The molecular weight excluding hydrogens is 574 g/mol. The standard InChI is InChI=1S/C40H79NO5/c1-3-5-7-9-11-13-15-16-17-18-19-20-21-22-23-24-26-28-30-32-34-38(44)40(46)41-36(35-42)39(45)37(43)33-31-29-27-25-14-12-10-8-6-4-2/h25,27,36-39,42-45H,3-24,26,28-35H2,1-2H3,(H,41,46)/b27-25+. The molecule has 0 fully saturated rings. The molecule has 0 aliphatic heterocycles. The second-order valence-electron chi connectivity index (χ2n) is 14.0. The summed E-state index contributed by atoms with van der Waals surface area (Å²) in [5, 5.41) is 43.4. The van der Waals surface area contributed by atoms with E-state index in [1.807, 2.05) is 0 Å². The number of unbranched alkanes of at least 4 members (excludes halogenated alkanes) is 25. The second kappa shape index (κ2) is 35.4. The van der Waals surface area contributed by atoms with Crippen LogP contribution in [0.25, 0.3) is 0 Å². The number of nitrogens with one attached hydrogen (secondary N) is 1. The maximum Gasteiger partial charge on any atom is 0.249 e. The van der Waals surface area contributed by atoms with Crippen LogP contribution >= 0.6 is 0 Å². The molecule has 0 aliphatic rings. The minimum Gasteiger partial charge on any atom is -0.394 e. The van der Waals surface area contributed by atoms with Crippen LogP contribution in [0.15, 0.2) is 12.2 Å². The van der Waals surface area contributed by atoms with Crippen molar-refractivity contribution in [2.24, 2.45) is 0 Å². The smallest absolute Gasteiger partial charge is 0.249 e. The first kappa shape index (κ1) is 45.0. The van der Waals surface area contributed by atoms with E-state index < -0.39 is 36.9 Å². The van der Waals surface area contributed by atoms with Crippen LogP contribution in [-0.4, -0.2) is 57.3 Å². The van der Waals surface area contributed by atoms with Crippen molar-refractivity contribution in [3.05, 3.63) is 12.2 Å². The molecule has 4 unspecified atom stereocenters. The van der Waals surface area contributed by atoms with Gasteiger partial charge in [-0.2, -0.15) is 0 Å². The van der Waals surface area contributed by atoms with Crippen molar-refractivity contribution < 1.29 is 25.2 Å². The number of hydrogen-bond acceptors (Lipinski definition) is 5. The zero-order chi connectivity index (χ0) is 33.9. The summed E-state index contributed by atoms with van der Waals surface area (Å²) in [6.45, 7) is 4.00. The summed E-state index contributed by atoms with van der Waals surface area (Å²) >= 11 is 0. The van der Waals surface area contributed by atoms with Crippen molar-refractivity contribution in [1.29, 1.82) is 0 Å². The summed E-state index contributed by atoms with van der Waals surface area (Å²) in [7, 11) is 0. The monoisotopic (exact) mass is 654 g/mol. The molecule has 6 nitrogen and oxygen atoms in total. The van der Waals surface area contributed by atoms with Crippen LogP contribution in [0.2, 0.25) is 0 Å². The Balaban J connectivity index is 3.72. The average molecular weight is 654 g/mol. The van der Waals surface area contributed by atoms with E-state index in [9.17, 15) is 25.2 Å². The molecule has 0 spiro atoms. The average Bonchev–Trinajstić information content (AvgIpc) is 3.06. The maximum absolute atomic E-state index is 12.4. The molecule has 0 radical (unpaired) electrons. The molecule has 0 aromatic rings. The van der Waals surface area contributed by atoms with Gasteiger partial charge in [0.25, 0.3) is 0 Å². The summed E-state index contributed by atoms with van der Waals surface area (Å²) in [5.41, 5.74) is 0. The lowest BCUT2D eigenvalue weighted by atomic mass is 10.00. The van der Waals surface area contributed by atoms with Crippen LogP contribution in [0.5, 0.6) is 0 Å². The molecule has 6 heteroatoms. The Hall–Kier alpha value is -0.950. The quantitative estimate of drug-likeness (QED) is 0.0342. The predicted octanol–water partition coefficient (Wildman–Crippen LogP) is 9.85. The van der Waals surface area contributed by atoms with Crippen LogP contribution in [0.4, 0.5) is 0 Å². The van der Waals surface area contributed by atoms with E-state index >= 15 is 0 Å². The molecule has 1 amide bonds. The Labute approximate surface area is 285 Å².